The molecule has 0 fully saturated rings. The highest BCUT2D eigenvalue weighted by Crippen LogP contribution is 2.28. The smallest absolute Gasteiger partial charge is 0.339 e. The Balaban J connectivity index is 2.26. The van der Waals surface area contributed by atoms with Crippen molar-refractivity contribution in [2.24, 2.45) is 0 Å². The maximum absolute atomic E-state index is 12.0. The minimum Gasteiger partial charge on any atom is -0.550 e. The summed E-state index contributed by atoms with van der Waals surface area (Å²) in [5.41, 5.74) is 2.71. The number of fused-ring (bicyclic) bond motifs is 2. The van der Waals surface area contributed by atoms with Gasteiger partial charge >= 0.3 is 5.63 Å². The molecule has 2 aromatic heterocycles. The molecule has 0 aliphatic rings. The van der Waals surface area contributed by atoms with Crippen LogP contribution in [0.1, 0.15) is 23.1 Å². The molecule has 0 spiro atoms. The topological polar surface area (TPSA) is 83.5 Å². The van der Waals surface area contributed by atoms with Gasteiger partial charge in [-0.15, -0.1) is 0 Å². The Labute approximate surface area is 119 Å². The zero-order valence-electron chi connectivity index (χ0n) is 11.7. The van der Waals surface area contributed by atoms with Crippen LogP contribution in [0, 0.1) is 13.8 Å². The molecule has 108 valence electrons. The lowest BCUT2D eigenvalue weighted by Gasteiger charge is -2.08. The zero-order chi connectivity index (χ0) is 15.1. The molecule has 0 saturated heterocycles. The summed E-state index contributed by atoms with van der Waals surface area (Å²) in [6, 6.07) is 3.60. The van der Waals surface area contributed by atoms with E-state index in [1.165, 1.54) is 0 Å². The Morgan fingerprint density at radius 1 is 1.19 bits per heavy atom. The minimum absolute atomic E-state index is 0.106. The van der Waals surface area contributed by atoms with E-state index in [9.17, 15) is 14.7 Å². The van der Waals surface area contributed by atoms with E-state index in [4.69, 9.17) is 8.83 Å². The first kappa shape index (κ1) is 13.4. The Hall–Kier alpha value is -2.56. The number of aryl methyl sites for hydroxylation is 2. The molecule has 0 N–H and O–H groups in total. The quantitative estimate of drug-likeness (QED) is 0.686. The number of carbonyl (C=O) groups excluding carboxylic acids is 1. The second-order valence-corrected chi connectivity index (χ2v) is 5.13. The summed E-state index contributed by atoms with van der Waals surface area (Å²) in [6.07, 6.45) is 1.55. The van der Waals surface area contributed by atoms with Crippen molar-refractivity contribution in [2.75, 3.05) is 0 Å². The predicted molar refractivity (Wildman–Crippen MR) is 75.1 cm³/mol. The number of benzene rings is 1. The van der Waals surface area contributed by atoms with Gasteiger partial charge in [0, 0.05) is 28.4 Å². The van der Waals surface area contributed by atoms with E-state index in [-0.39, 0.29) is 12.8 Å². The summed E-state index contributed by atoms with van der Waals surface area (Å²) in [7, 11) is 0. The molecule has 1 aromatic carbocycles. The largest absolute Gasteiger partial charge is 0.550 e. The van der Waals surface area contributed by atoms with Gasteiger partial charge in [-0.2, -0.15) is 0 Å². The normalized spacial score (nSPS) is 11.3. The van der Waals surface area contributed by atoms with E-state index in [0.29, 0.717) is 16.7 Å². The average molecular weight is 285 g/mol. The van der Waals surface area contributed by atoms with Crippen LogP contribution >= 0.6 is 0 Å². The van der Waals surface area contributed by atoms with Gasteiger partial charge in [-0.25, -0.2) is 4.79 Å². The molecule has 0 amide bonds. The molecule has 2 heterocycles. The number of furan rings is 1. The number of carboxylic acid groups (broad SMARTS) is 1. The number of carboxylic acids is 1. The van der Waals surface area contributed by atoms with E-state index >= 15 is 0 Å². The van der Waals surface area contributed by atoms with Gasteiger partial charge < -0.3 is 18.7 Å². The monoisotopic (exact) mass is 285 g/mol. The Bertz CT molecular complexity index is 914. The molecule has 0 saturated carbocycles. The standard InChI is InChI=1S/C16H14O5/c1-8-7-20-13-6-14-12(5-11(8)13)9(2)10(16(19)21-14)3-4-15(17)18/h5-7H,3-4H2,1-2H3,(H,17,18)/p-1. The van der Waals surface area contributed by atoms with E-state index in [1.807, 2.05) is 13.0 Å². The van der Waals surface area contributed by atoms with Crippen LogP contribution in [0.5, 0.6) is 0 Å². The molecule has 0 atom stereocenters. The summed E-state index contributed by atoms with van der Waals surface area (Å²) < 4.78 is 10.7. The maximum atomic E-state index is 12.0. The lowest BCUT2D eigenvalue weighted by atomic mass is 10.0. The fraction of sp³-hybridized carbons (Fsp3) is 0.250. The van der Waals surface area contributed by atoms with Crippen molar-refractivity contribution in [2.45, 2.75) is 26.7 Å². The number of aliphatic carboxylic acids is 1. The number of hydrogen-bond acceptors (Lipinski definition) is 5. The minimum atomic E-state index is -1.19. The van der Waals surface area contributed by atoms with Gasteiger partial charge in [0.1, 0.15) is 11.2 Å². The molecule has 0 aliphatic carbocycles. The first-order chi connectivity index (χ1) is 9.97. The first-order valence-corrected chi connectivity index (χ1v) is 6.61. The molecule has 0 unspecified atom stereocenters. The van der Waals surface area contributed by atoms with Crippen LogP contribution < -0.4 is 10.7 Å². The third-order valence-corrected chi connectivity index (χ3v) is 3.75. The Morgan fingerprint density at radius 2 is 1.95 bits per heavy atom. The molecule has 3 rings (SSSR count). The molecule has 5 nitrogen and oxygen atoms in total. The van der Waals surface area contributed by atoms with Gasteiger partial charge in [-0.05, 0) is 43.9 Å². The Kier molecular flexibility index (Phi) is 3.05. The number of rotatable bonds is 3. The van der Waals surface area contributed by atoms with Crippen LogP contribution in [0.4, 0.5) is 0 Å². The van der Waals surface area contributed by atoms with Gasteiger partial charge in [0.05, 0.1) is 6.26 Å². The van der Waals surface area contributed by atoms with Gasteiger partial charge in [-0.1, -0.05) is 0 Å². The highest BCUT2D eigenvalue weighted by Gasteiger charge is 2.14. The fourth-order valence-electron chi connectivity index (χ4n) is 2.55. The van der Waals surface area contributed by atoms with Crippen LogP contribution in [-0.2, 0) is 11.2 Å². The van der Waals surface area contributed by atoms with Crippen LogP contribution in [0.25, 0.3) is 21.9 Å². The zero-order valence-corrected chi connectivity index (χ0v) is 11.7. The highest BCUT2D eigenvalue weighted by molar-refractivity contribution is 5.96. The van der Waals surface area contributed by atoms with Gasteiger partial charge in [0.2, 0.25) is 0 Å². The van der Waals surface area contributed by atoms with E-state index in [1.54, 1.807) is 19.3 Å². The lowest BCUT2D eigenvalue weighted by molar-refractivity contribution is -0.305. The van der Waals surface area contributed by atoms with Gasteiger partial charge in [-0.3, -0.25) is 0 Å². The van der Waals surface area contributed by atoms with E-state index < -0.39 is 11.6 Å². The van der Waals surface area contributed by atoms with E-state index in [2.05, 4.69) is 0 Å². The van der Waals surface area contributed by atoms with Crippen molar-refractivity contribution in [1.82, 2.24) is 0 Å². The number of hydrogen-bond donors (Lipinski definition) is 0. The third-order valence-electron chi connectivity index (χ3n) is 3.75. The van der Waals surface area contributed by atoms with Gasteiger partial charge in [0.25, 0.3) is 0 Å². The molecule has 3 aromatic rings. The molecule has 21 heavy (non-hydrogen) atoms. The lowest BCUT2D eigenvalue weighted by Crippen LogP contribution is -2.24. The van der Waals surface area contributed by atoms with Crippen LogP contribution in [0.3, 0.4) is 0 Å². The SMILES string of the molecule is Cc1coc2cc3oc(=O)c(CCC(=O)[O-])c(C)c3cc12. The van der Waals surface area contributed by atoms with Crippen molar-refractivity contribution < 1.29 is 18.7 Å². The maximum Gasteiger partial charge on any atom is 0.339 e. The van der Waals surface area contributed by atoms with Crippen molar-refractivity contribution in [3.63, 3.8) is 0 Å². The second-order valence-electron chi connectivity index (χ2n) is 5.13. The van der Waals surface area contributed by atoms with Crippen molar-refractivity contribution in [1.29, 1.82) is 0 Å². The molecular weight excluding hydrogens is 272 g/mol. The summed E-state index contributed by atoms with van der Waals surface area (Å²) >= 11 is 0. The first-order valence-electron chi connectivity index (χ1n) is 6.61. The van der Waals surface area contributed by atoms with Gasteiger partial charge in [0.15, 0.2) is 0 Å². The van der Waals surface area contributed by atoms with E-state index in [0.717, 1.165) is 21.9 Å². The molecule has 0 aliphatic heterocycles. The fourth-order valence-corrected chi connectivity index (χ4v) is 2.55. The summed E-state index contributed by atoms with van der Waals surface area (Å²) in [4.78, 5) is 22.6. The van der Waals surface area contributed by atoms with Crippen LogP contribution in [0.15, 0.2) is 32.0 Å². The predicted octanol–water partition coefficient (Wildman–Crippen LogP) is 1.84. The number of carbonyl (C=O) groups is 1. The summed E-state index contributed by atoms with van der Waals surface area (Å²) in [5, 5.41) is 12.3. The Morgan fingerprint density at radius 3 is 2.67 bits per heavy atom. The summed E-state index contributed by atoms with van der Waals surface area (Å²) in [5.74, 6) is -1.19. The average Bonchev–Trinajstić information content (AvgIpc) is 2.77. The van der Waals surface area contributed by atoms with Crippen molar-refractivity contribution in [3.8, 4) is 0 Å². The highest BCUT2D eigenvalue weighted by atomic mass is 16.4. The van der Waals surface area contributed by atoms with Crippen molar-refractivity contribution in [3.05, 3.63) is 45.5 Å². The molecular formula is C16H13O5-. The second kappa shape index (κ2) is 4.77. The van der Waals surface area contributed by atoms with Crippen molar-refractivity contribution >= 4 is 27.9 Å². The molecule has 0 radical (unpaired) electrons. The molecule has 5 heteroatoms. The van der Waals surface area contributed by atoms with Crippen LogP contribution in [0.2, 0.25) is 0 Å². The van der Waals surface area contributed by atoms with Crippen LogP contribution in [-0.4, -0.2) is 5.97 Å². The molecule has 0 bridgehead atoms. The summed E-state index contributed by atoms with van der Waals surface area (Å²) in [6.45, 7) is 3.73. The third kappa shape index (κ3) is 2.20.